The molecular formula is C14H22N2O3. The average Bonchev–Trinajstić information content (AvgIpc) is 2.37. The molecule has 0 aliphatic heterocycles. The lowest BCUT2D eigenvalue weighted by atomic mass is 10.0. The molecule has 1 aromatic rings. The van der Waals surface area contributed by atoms with E-state index in [0.29, 0.717) is 17.9 Å². The van der Waals surface area contributed by atoms with Gasteiger partial charge < -0.3 is 15.2 Å². The molecule has 2 N–H and O–H groups in total. The van der Waals surface area contributed by atoms with E-state index in [4.69, 9.17) is 15.2 Å². The van der Waals surface area contributed by atoms with E-state index in [0.717, 1.165) is 12.0 Å². The first-order chi connectivity index (χ1) is 8.99. The van der Waals surface area contributed by atoms with Crippen molar-refractivity contribution in [1.82, 2.24) is 4.90 Å². The van der Waals surface area contributed by atoms with E-state index in [1.165, 1.54) is 0 Å². The van der Waals surface area contributed by atoms with Crippen LogP contribution in [0.3, 0.4) is 0 Å². The second-order valence-corrected chi connectivity index (χ2v) is 4.61. The highest BCUT2D eigenvalue weighted by Crippen LogP contribution is 2.28. The average molecular weight is 266 g/mol. The van der Waals surface area contributed by atoms with Crippen LogP contribution in [0, 0.1) is 0 Å². The highest BCUT2D eigenvalue weighted by molar-refractivity contribution is 5.79. The Labute approximate surface area is 114 Å². The van der Waals surface area contributed by atoms with E-state index in [2.05, 4.69) is 0 Å². The van der Waals surface area contributed by atoms with E-state index in [9.17, 15) is 4.79 Å². The lowest BCUT2D eigenvalue weighted by molar-refractivity contribution is -0.122. The Morgan fingerprint density at radius 2 is 1.89 bits per heavy atom. The number of benzene rings is 1. The first-order valence-corrected chi connectivity index (χ1v) is 6.16. The molecule has 0 saturated heterocycles. The Kier molecular flexibility index (Phi) is 5.63. The summed E-state index contributed by atoms with van der Waals surface area (Å²) in [7, 11) is 6.91. The summed E-state index contributed by atoms with van der Waals surface area (Å²) in [4.78, 5) is 13.2. The fourth-order valence-electron chi connectivity index (χ4n) is 1.99. The van der Waals surface area contributed by atoms with Crippen LogP contribution in [-0.4, -0.2) is 45.2 Å². The van der Waals surface area contributed by atoms with Crippen LogP contribution in [0.1, 0.15) is 12.0 Å². The fraction of sp³-hybridized carbons (Fsp3) is 0.500. The molecule has 0 aliphatic carbocycles. The van der Waals surface area contributed by atoms with E-state index < -0.39 is 0 Å². The van der Waals surface area contributed by atoms with Gasteiger partial charge in [-0.05, 0) is 44.6 Å². The zero-order valence-corrected chi connectivity index (χ0v) is 12.0. The topological polar surface area (TPSA) is 64.8 Å². The molecule has 1 unspecified atom stereocenters. The van der Waals surface area contributed by atoms with Gasteiger partial charge in [0.25, 0.3) is 0 Å². The third kappa shape index (κ3) is 4.13. The zero-order chi connectivity index (χ0) is 14.4. The molecule has 0 heterocycles. The van der Waals surface area contributed by atoms with Gasteiger partial charge in [0.15, 0.2) is 11.5 Å². The van der Waals surface area contributed by atoms with Crippen molar-refractivity contribution in [2.75, 3.05) is 28.3 Å². The number of likely N-dealkylation sites (N-methyl/N-ethyl adjacent to an activating group) is 1. The predicted molar refractivity (Wildman–Crippen MR) is 74.5 cm³/mol. The molecule has 0 radical (unpaired) electrons. The second kappa shape index (κ2) is 6.99. The number of carbonyl (C=O) groups is 1. The summed E-state index contributed by atoms with van der Waals surface area (Å²) < 4.78 is 10.4. The Morgan fingerprint density at radius 1 is 1.26 bits per heavy atom. The molecule has 0 aliphatic rings. The van der Waals surface area contributed by atoms with Gasteiger partial charge in [0.1, 0.15) is 0 Å². The van der Waals surface area contributed by atoms with E-state index in [-0.39, 0.29) is 11.9 Å². The number of methoxy groups -OCH3 is 2. The molecule has 0 saturated carbocycles. The van der Waals surface area contributed by atoms with Crippen molar-refractivity contribution in [3.63, 3.8) is 0 Å². The minimum Gasteiger partial charge on any atom is -0.493 e. The van der Waals surface area contributed by atoms with Gasteiger partial charge in [-0.2, -0.15) is 0 Å². The number of amides is 1. The molecule has 5 heteroatoms. The van der Waals surface area contributed by atoms with Gasteiger partial charge in [0.2, 0.25) is 5.91 Å². The van der Waals surface area contributed by atoms with Gasteiger partial charge in [-0.1, -0.05) is 6.07 Å². The third-order valence-corrected chi connectivity index (χ3v) is 3.11. The molecular weight excluding hydrogens is 244 g/mol. The molecule has 1 rings (SSSR count). The number of nitrogens with two attached hydrogens (primary N) is 1. The number of carbonyl (C=O) groups excluding carboxylic acids is 1. The summed E-state index contributed by atoms with van der Waals surface area (Å²) in [5.41, 5.74) is 6.47. The largest absolute Gasteiger partial charge is 0.493 e. The number of primary amides is 1. The minimum absolute atomic E-state index is 0.256. The Balaban J connectivity index is 2.74. The van der Waals surface area contributed by atoms with Gasteiger partial charge in [-0.3, -0.25) is 9.69 Å². The molecule has 106 valence electrons. The summed E-state index contributed by atoms with van der Waals surface area (Å²) in [6.45, 7) is 0. The Bertz CT molecular complexity index is 433. The minimum atomic E-state index is -0.300. The molecule has 0 spiro atoms. The van der Waals surface area contributed by atoms with Gasteiger partial charge in [-0.15, -0.1) is 0 Å². The van der Waals surface area contributed by atoms with Crippen LogP contribution in [0.4, 0.5) is 0 Å². The first-order valence-electron chi connectivity index (χ1n) is 6.16. The molecule has 0 bridgehead atoms. The molecule has 5 nitrogen and oxygen atoms in total. The second-order valence-electron chi connectivity index (χ2n) is 4.61. The Hall–Kier alpha value is -1.75. The van der Waals surface area contributed by atoms with Crippen LogP contribution in [0.2, 0.25) is 0 Å². The molecule has 19 heavy (non-hydrogen) atoms. The number of ether oxygens (including phenoxy) is 2. The van der Waals surface area contributed by atoms with Crippen molar-refractivity contribution in [2.45, 2.75) is 18.9 Å². The van der Waals surface area contributed by atoms with Gasteiger partial charge in [-0.25, -0.2) is 0 Å². The number of rotatable bonds is 7. The monoisotopic (exact) mass is 266 g/mol. The zero-order valence-electron chi connectivity index (χ0n) is 12.0. The van der Waals surface area contributed by atoms with Crippen LogP contribution < -0.4 is 15.2 Å². The van der Waals surface area contributed by atoms with Crippen LogP contribution in [0.15, 0.2) is 18.2 Å². The predicted octanol–water partition coefficient (Wildman–Crippen LogP) is 1.05. The van der Waals surface area contributed by atoms with Crippen molar-refractivity contribution >= 4 is 5.91 Å². The smallest absolute Gasteiger partial charge is 0.234 e. The highest BCUT2D eigenvalue weighted by atomic mass is 16.5. The van der Waals surface area contributed by atoms with E-state index >= 15 is 0 Å². The summed E-state index contributed by atoms with van der Waals surface area (Å²) in [5.74, 6) is 1.09. The lowest BCUT2D eigenvalue weighted by Crippen LogP contribution is -2.40. The summed E-state index contributed by atoms with van der Waals surface area (Å²) >= 11 is 0. The molecule has 0 aromatic heterocycles. The van der Waals surface area contributed by atoms with Crippen molar-refractivity contribution in [2.24, 2.45) is 5.73 Å². The number of hydrogen-bond acceptors (Lipinski definition) is 4. The normalized spacial score (nSPS) is 12.3. The standard InChI is InChI=1S/C14H22N2O3/c1-16(2)11(14(15)17)7-5-10-6-8-12(18-3)13(9-10)19-4/h6,8-9,11H,5,7H2,1-4H3,(H2,15,17). The van der Waals surface area contributed by atoms with Crippen molar-refractivity contribution in [1.29, 1.82) is 0 Å². The van der Waals surface area contributed by atoms with Crippen LogP contribution in [0.25, 0.3) is 0 Å². The third-order valence-electron chi connectivity index (χ3n) is 3.11. The molecule has 0 fully saturated rings. The number of hydrogen-bond donors (Lipinski definition) is 1. The quantitative estimate of drug-likeness (QED) is 0.801. The van der Waals surface area contributed by atoms with Gasteiger partial charge in [0.05, 0.1) is 20.3 Å². The first kappa shape index (κ1) is 15.3. The summed E-state index contributed by atoms with van der Waals surface area (Å²) in [6, 6.07) is 5.50. The van der Waals surface area contributed by atoms with Crippen molar-refractivity contribution in [3.8, 4) is 11.5 Å². The summed E-state index contributed by atoms with van der Waals surface area (Å²) in [6.07, 6.45) is 1.43. The molecule has 1 aromatic carbocycles. The Morgan fingerprint density at radius 3 is 2.37 bits per heavy atom. The fourth-order valence-corrected chi connectivity index (χ4v) is 1.99. The van der Waals surface area contributed by atoms with Crippen molar-refractivity contribution < 1.29 is 14.3 Å². The van der Waals surface area contributed by atoms with E-state index in [1.54, 1.807) is 14.2 Å². The molecule has 1 atom stereocenters. The maximum absolute atomic E-state index is 11.3. The van der Waals surface area contributed by atoms with Crippen LogP contribution in [-0.2, 0) is 11.2 Å². The van der Waals surface area contributed by atoms with Gasteiger partial charge in [0, 0.05) is 0 Å². The molecule has 1 amide bonds. The number of nitrogens with zero attached hydrogens (tertiary/aromatic N) is 1. The lowest BCUT2D eigenvalue weighted by Gasteiger charge is -2.21. The van der Waals surface area contributed by atoms with E-state index in [1.807, 2.05) is 37.2 Å². The highest BCUT2D eigenvalue weighted by Gasteiger charge is 2.17. The van der Waals surface area contributed by atoms with Gasteiger partial charge >= 0.3 is 0 Å². The van der Waals surface area contributed by atoms with Crippen molar-refractivity contribution in [3.05, 3.63) is 23.8 Å². The SMILES string of the molecule is COc1ccc(CCC(C(N)=O)N(C)C)cc1OC. The van der Waals surface area contributed by atoms with Crippen LogP contribution in [0.5, 0.6) is 11.5 Å². The number of aryl methyl sites for hydroxylation is 1. The maximum atomic E-state index is 11.3. The summed E-state index contributed by atoms with van der Waals surface area (Å²) in [5, 5.41) is 0. The van der Waals surface area contributed by atoms with Crippen LogP contribution >= 0.6 is 0 Å². The maximum Gasteiger partial charge on any atom is 0.234 e.